The van der Waals surface area contributed by atoms with Crippen LogP contribution in [0, 0.1) is 0 Å². The minimum Gasteiger partial charge on any atom is -0.497 e. The predicted octanol–water partition coefficient (Wildman–Crippen LogP) is 6.86. The molecule has 1 aliphatic rings. The Labute approximate surface area is 233 Å². The van der Waals surface area contributed by atoms with Crippen molar-refractivity contribution >= 4 is 33.4 Å². The summed E-state index contributed by atoms with van der Waals surface area (Å²) in [6, 6.07) is 25.8. The standard InChI is InChI=1S/C33H32N2O5/c1-20-16-27(35-25-12-8-6-10-23(25)24-11-7-9-13-26(24)35)32-28(18-22(37-2)19-31(32)40-5)34(20)33(36)21-14-15-29(38-3)30(17-21)39-4/h6-15,17-20,27H,16H2,1-5H3. The molecular weight excluding hydrogens is 504 g/mol. The van der Waals surface area contributed by atoms with Gasteiger partial charge in [-0.1, -0.05) is 36.4 Å². The third kappa shape index (κ3) is 3.92. The van der Waals surface area contributed by atoms with Crippen molar-refractivity contribution in [2.45, 2.75) is 25.4 Å². The Bertz CT molecular complexity index is 1690. The molecule has 0 saturated heterocycles. The first kappa shape index (κ1) is 25.6. The van der Waals surface area contributed by atoms with Crippen molar-refractivity contribution in [3.8, 4) is 23.0 Å². The second-order valence-electron chi connectivity index (χ2n) is 10.0. The third-order valence-corrected chi connectivity index (χ3v) is 7.93. The number of anilines is 1. The molecule has 0 aliphatic carbocycles. The Hall–Kier alpha value is -4.65. The Morgan fingerprint density at radius 2 is 1.35 bits per heavy atom. The van der Waals surface area contributed by atoms with E-state index in [1.807, 2.05) is 17.0 Å². The number of rotatable bonds is 6. The number of benzene rings is 4. The zero-order valence-electron chi connectivity index (χ0n) is 23.3. The lowest BCUT2D eigenvalue weighted by molar-refractivity contribution is 0.0972. The Balaban J connectivity index is 1.58. The van der Waals surface area contributed by atoms with Crippen molar-refractivity contribution in [3.63, 3.8) is 0 Å². The molecule has 2 unspecified atom stereocenters. The van der Waals surface area contributed by atoms with Crippen molar-refractivity contribution in [1.29, 1.82) is 0 Å². The lowest BCUT2D eigenvalue weighted by atomic mass is 9.89. The fourth-order valence-electron chi connectivity index (χ4n) is 6.13. The van der Waals surface area contributed by atoms with Crippen LogP contribution in [-0.4, -0.2) is 45.0 Å². The second kappa shape index (κ2) is 10.2. The van der Waals surface area contributed by atoms with E-state index >= 15 is 0 Å². The molecular formula is C33H32N2O5. The van der Waals surface area contributed by atoms with Crippen LogP contribution in [0.15, 0.2) is 78.9 Å². The number of para-hydroxylation sites is 2. The van der Waals surface area contributed by atoms with Crippen LogP contribution in [-0.2, 0) is 0 Å². The number of hydrogen-bond acceptors (Lipinski definition) is 5. The van der Waals surface area contributed by atoms with Gasteiger partial charge in [0.15, 0.2) is 11.5 Å². The first-order valence-electron chi connectivity index (χ1n) is 13.3. The summed E-state index contributed by atoms with van der Waals surface area (Å²) in [6.45, 7) is 2.09. The largest absolute Gasteiger partial charge is 0.497 e. The molecule has 1 aliphatic heterocycles. The van der Waals surface area contributed by atoms with Crippen LogP contribution in [0.3, 0.4) is 0 Å². The van der Waals surface area contributed by atoms with Crippen LogP contribution in [0.5, 0.6) is 23.0 Å². The van der Waals surface area contributed by atoms with Crippen molar-refractivity contribution in [2.75, 3.05) is 33.3 Å². The Kier molecular flexibility index (Phi) is 6.50. The van der Waals surface area contributed by atoms with Gasteiger partial charge in [-0.25, -0.2) is 0 Å². The minimum absolute atomic E-state index is 0.0786. The number of hydrogen-bond donors (Lipinski definition) is 0. The third-order valence-electron chi connectivity index (χ3n) is 7.93. The van der Waals surface area contributed by atoms with Gasteiger partial charge in [0.05, 0.1) is 40.2 Å². The monoisotopic (exact) mass is 536 g/mol. The number of carbonyl (C=O) groups excluding carboxylic acids is 1. The molecule has 4 aromatic carbocycles. The lowest BCUT2D eigenvalue weighted by Gasteiger charge is -2.41. The molecule has 5 aromatic rings. The van der Waals surface area contributed by atoms with Gasteiger partial charge in [-0.2, -0.15) is 0 Å². The average molecular weight is 537 g/mol. The maximum Gasteiger partial charge on any atom is 0.258 e. The summed E-state index contributed by atoms with van der Waals surface area (Å²) < 4.78 is 24.9. The van der Waals surface area contributed by atoms with Crippen LogP contribution in [0.1, 0.15) is 35.3 Å². The number of fused-ring (bicyclic) bond motifs is 4. The molecule has 7 heteroatoms. The molecule has 0 N–H and O–H groups in total. The molecule has 6 rings (SSSR count). The van der Waals surface area contributed by atoms with Gasteiger partial charge < -0.3 is 28.4 Å². The van der Waals surface area contributed by atoms with E-state index in [-0.39, 0.29) is 18.0 Å². The molecule has 2 atom stereocenters. The second-order valence-corrected chi connectivity index (χ2v) is 10.0. The first-order chi connectivity index (χ1) is 19.5. The maximum atomic E-state index is 14.2. The zero-order chi connectivity index (χ0) is 28.0. The van der Waals surface area contributed by atoms with Crippen LogP contribution >= 0.6 is 0 Å². The van der Waals surface area contributed by atoms with Gasteiger partial charge in [-0.05, 0) is 43.7 Å². The van der Waals surface area contributed by atoms with Crippen LogP contribution in [0.25, 0.3) is 21.8 Å². The summed E-state index contributed by atoms with van der Waals surface area (Å²) in [7, 11) is 6.43. The van der Waals surface area contributed by atoms with E-state index in [2.05, 4.69) is 60.0 Å². The molecule has 40 heavy (non-hydrogen) atoms. The molecule has 2 heterocycles. The molecule has 1 amide bonds. The highest BCUT2D eigenvalue weighted by Gasteiger charge is 2.39. The highest BCUT2D eigenvalue weighted by Crippen LogP contribution is 2.49. The maximum absolute atomic E-state index is 14.2. The average Bonchev–Trinajstić information content (AvgIpc) is 3.33. The molecule has 0 radical (unpaired) electrons. The minimum atomic E-state index is -0.134. The van der Waals surface area contributed by atoms with Crippen LogP contribution in [0.4, 0.5) is 5.69 Å². The molecule has 0 bridgehead atoms. The van der Waals surface area contributed by atoms with Crippen LogP contribution < -0.4 is 23.8 Å². The predicted molar refractivity (Wildman–Crippen MR) is 158 cm³/mol. The molecule has 0 fully saturated rings. The van der Waals surface area contributed by atoms with Crippen LogP contribution in [0.2, 0.25) is 0 Å². The van der Waals surface area contributed by atoms with E-state index in [4.69, 9.17) is 18.9 Å². The molecule has 204 valence electrons. The van der Waals surface area contributed by atoms with Gasteiger partial charge in [0.1, 0.15) is 11.5 Å². The highest BCUT2D eigenvalue weighted by atomic mass is 16.5. The van der Waals surface area contributed by atoms with Gasteiger partial charge in [-0.15, -0.1) is 0 Å². The van der Waals surface area contributed by atoms with E-state index < -0.39 is 0 Å². The van der Waals surface area contributed by atoms with E-state index in [0.29, 0.717) is 35.0 Å². The number of aromatic nitrogens is 1. The summed E-state index contributed by atoms with van der Waals surface area (Å²) in [4.78, 5) is 16.1. The normalized spacial score (nSPS) is 16.6. The van der Waals surface area contributed by atoms with Gasteiger partial charge in [0.2, 0.25) is 0 Å². The summed E-state index contributed by atoms with van der Waals surface area (Å²) in [5, 5.41) is 2.40. The van der Waals surface area contributed by atoms with Gasteiger partial charge in [0, 0.05) is 51.1 Å². The number of nitrogens with zero attached hydrogens (tertiary/aromatic N) is 2. The molecule has 0 spiro atoms. The lowest BCUT2D eigenvalue weighted by Crippen LogP contribution is -2.44. The van der Waals surface area contributed by atoms with E-state index in [0.717, 1.165) is 22.3 Å². The van der Waals surface area contributed by atoms with Gasteiger partial charge in [0.25, 0.3) is 5.91 Å². The number of amides is 1. The van der Waals surface area contributed by atoms with Crippen molar-refractivity contribution in [1.82, 2.24) is 4.57 Å². The summed E-state index contributed by atoms with van der Waals surface area (Å²) in [5.74, 6) is 2.24. The molecule has 0 saturated carbocycles. The quantitative estimate of drug-likeness (QED) is 0.237. The van der Waals surface area contributed by atoms with Crippen molar-refractivity contribution < 1.29 is 23.7 Å². The zero-order valence-corrected chi connectivity index (χ0v) is 23.3. The SMILES string of the molecule is COc1cc(OC)c2c(c1)N(C(=O)c1ccc(OC)c(OC)c1)C(C)CC2n1c2ccccc2c2ccccc21. The highest BCUT2D eigenvalue weighted by molar-refractivity contribution is 6.10. The summed E-state index contributed by atoms with van der Waals surface area (Å²) in [5.41, 5.74) is 4.50. The van der Waals surface area contributed by atoms with E-state index in [1.165, 1.54) is 10.8 Å². The Morgan fingerprint density at radius 3 is 1.95 bits per heavy atom. The number of methoxy groups -OCH3 is 4. The molecule has 1 aromatic heterocycles. The summed E-state index contributed by atoms with van der Waals surface area (Å²) >= 11 is 0. The van der Waals surface area contributed by atoms with Gasteiger partial charge in [-0.3, -0.25) is 4.79 Å². The smallest absolute Gasteiger partial charge is 0.258 e. The fraction of sp³-hybridized carbons (Fsp3) is 0.242. The number of ether oxygens (including phenoxy) is 4. The van der Waals surface area contributed by atoms with Crippen molar-refractivity contribution in [3.05, 3.63) is 90.0 Å². The Morgan fingerprint density at radius 1 is 0.725 bits per heavy atom. The summed E-state index contributed by atoms with van der Waals surface area (Å²) in [6.07, 6.45) is 0.692. The number of carbonyl (C=O) groups is 1. The van der Waals surface area contributed by atoms with Crippen molar-refractivity contribution in [2.24, 2.45) is 0 Å². The molecule has 7 nitrogen and oxygen atoms in total. The van der Waals surface area contributed by atoms with E-state index in [1.54, 1.807) is 46.6 Å². The topological polar surface area (TPSA) is 62.2 Å². The fourth-order valence-corrected chi connectivity index (χ4v) is 6.13. The van der Waals surface area contributed by atoms with E-state index in [9.17, 15) is 4.79 Å². The first-order valence-corrected chi connectivity index (χ1v) is 13.3. The van der Waals surface area contributed by atoms with Gasteiger partial charge >= 0.3 is 0 Å².